The summed E-state index contributed by atoms with van der Waals surface area (Å²) in [6.45, 7) is 1.13. The maximum Gasteiger partial charge on any atom is 0.416 e. The Morgan fingerprint density at radius 1 is 1.16 bits per heavy atom. The molecule has 168 valence electrons. The van der Waals surface area contributed by atoms with Crippen LogP contribution in [0.1, 0.15) is 18.9 Å². The van der Waals surface area contributed by atoms with Crippen molar-refractivity contribution in [2.75, 3.05) is 13.7 Å². The summed E-state index contributed by atoms with van der Waals surface area (Å²) in [5.41, 5.74) is -3.51. The molecular weight excluding hydrogens is 447 g/mol. The van der Waals surface area contributed by atoms with E-state index in [0.29, 0.717) is 6.07 Å². The largest absolute Gasteiger partial charge is 0.546 e. The van der Waals surface area contributed by atoms with Gasteiger partial charge in [-0.3, -0.25) is 10.1 Å². The van der Waals surface area contributed by atoms with Crippen LogP contribution in [0, 0.1) is 10.1 Å². The molecule has 0 spiro atoms. The highest BCUT2D eigenvalue weighted by Gasteiger charge is 2.32. The Balaban J connectivity index is 2.39. The topological polar surface area (TPSA) is 111 Å². The van der Waals surface area contributed by atoms with Gasteiger partial charge in [-0.15, -0.1) is 0 Å². The number of carboxylic acid groups (broad SMARTS) is 1. The maximum absolute atomic E-state index is 12.8. The molecule has 0 bridgehead atoms. The third-order valence-electron chi connectivity index (χ3n) is 4.17. The Labute approximate surface area is 179 Å². The number of nitro benzene ring substituents is 1. The lowest BCUT2D eigenvalue weighted by molar-refractivity contribution is -0.386. The summed E-state index contributed by atoms with van der Waals surface area (Å²) in [5.74, 6) is -2.32. The van der Waals surface area contributed by atoms with Gasteiger partial charge in [-0.2, -0.15) is 13.2 Å². The monoisotopic (exact) mass is 462 g/mol. The Kier molecular flexibility index (Phi) is 7.34. The molecule has 0 heterocycles. The van der Waals surface area contributed by atoms with E-state index in [1.807, 2.05) is 0 Å². The predicted octanol–water partition coefficient (Wildman–Crippen LogP) is 3.98. The van der Waals surface area contributed by atoms with Gasteiger partial charge >= 0.3 is 11.9 Å². The van der Waals surface area contributed by atoms with E-state index < -0.39 is 39.7 Å². The van der Waals surface area contributed by atoms with Crippen LogP contribution in [0.2, 0.25) is 5.02 Å². The standard InChI is InChI=1S/C19H17ClF3NO7/c1-18(17(25)26,7-8-29-2)31-16-10-12(4-5-14(16)24(27)28)30-15-6-3-11(9-13(15)20)19(21,22)23/h3-6,9-10H,7-8H2,1-2H3,(H,25,26)/p-1. The van der Waals surface area contributed by atoms with Crippen molar-refractivity contribution < 1.29 is 42.2 Å². The summed E-state index contributed by atoms with van der Waals surface area (Å²) in [4.78, 5) is 22.1. The molecule has 0 aliphatic carbocycles. The number of aliphatic carboxylic acids is 1. The Hall–Kier alpha value is -3.05. The average Bonchev–Trinajstić information content (AvgIpc) is 2.67. The Bertz CT molecular complexity index is 983. The van der Waals surface area contributed by atoms with E-state index in [-0.39, 0.29) is 29.5 Å². The molecular formula is C19H16ClF3NO7-. The summed E-state index contributed by atoms with van der Waals surface area (Å²) in [7, 11) is 1.33. The molecule has 1 unspecified atom stereocenters. The Morgan fingerprint density at radius 2 is 1.84 bits per heavy atom. The van der Waals surface area contributed by atoms with Crippen LogP contribution in [0.5, 0.6) is 17.2 Å². The van der Waals surface area contributed by atoms with Gasteiger partial charge in [0.15, 0.2) is 0 Å². The van der Waals surface area contributed by atoms with Crippen LogP contribution in [-0.2, 0) is 15.7 Å². The molecule has 2 aromatic rings. The lowest BCUT2D eigenvalue weighted by atomic mass is 10.0. The van der Waals surface area contributed by atoms with Crippen LogP contribution < -0.4 is 14.6 Å². The van der Waals surface area contributed by atoms with E-state index in [0.717, 1.165) is 37.3 Å². The quantitative estimate of drug-likeness (QED) is 0.409. The van der Waals surface area contributed by atoms with Gasteiger partial charge in [-0.25, -0.2) is 0 Å². The first-order valence-electron chi connectivity index (χ1n) is 8.60. The van der Waals surface area contributed by atoms with Crippen LogP contribution in [0.4, 0.5) is 18.9 Å². The van der Waals surface area contributed by atoms with Crippen LogP contribution >= 0.6 is 11.6 Å². The van der Waals surface area contributed by atoms with Crippen LogP contribution in [0.3, 0.4) is 0 Å². The fourth-order valence-corrected chi connectivity index (χ4v) is 2.63. The maximum atomic E-state index is 12.8. The third-order valence-corrected chi connectivity index (χ3v) is 4.46. The second-order valence-electron chi connectivity index (χ2n) is 6.49. The molecule has 0 aliphatic rings. The van der Waals surface area contributed by atoms with Crippen molar-refractivity contribution in [3.05, 3.63) is 57.1 Å². The summed E-state index contributed by atoms with van der Waals surface area (Å²) in [5, 5.41) is 22.5. The minimum atomic E-state index is -4.60. The summed E-state index contributed by atoms with van der Waals surface area (Å²) in [6, 6.07) is 5.58. The fraction of sp³-hybridized carbons (Fsp3) is 0.316. The highest BCUT2D eigenvalue weighted by Crippen LogP contribution is 2.39. The average molecular weight is 463 g/mol. The SMILES string of the molecule is COCCC(C)(Oc1cc(Oc2ccc(C(F)(F)F)cc2Cl)ccc1[N+](=O)[O-])C(=O)[O-]. The smallest absolute Gasteiger partial charge is 0.416 e. The van der Waals surface area contributed by atoms with Crippen LogP contribution in [-0.4, -0.2) is 30.2 Å². The molecule has 12 heteroatoms. The van der Waals surface area contributed by atoms with E-state index in [2.05, 4.69) is 0 Å². The molecule has 31 heavy (non-hydrogen) atoms. The number of carboxylic acids is 1. The number of nitrogens with zero attached hydrogens (tertiary/aromatic N) is 1. The van der Waals surface area contributed by atoms with Gasteiger partial charge in [-0.1, -0.05) is 11.6 Å². The Morgan fingerprint density at radius 3 is 2.35 bits per heavy atom. The minimum absolute atomic E-state index is 0.0321. The lowest BCUT2D eigenvalue weighted by Crippen LogP contribution is -2.51. The van der Waals surface area contributed by atoms with Crippen LogP contribution in [0.25, 0.3) is 0 Å². The lowest BCUT2D eigenvalue weighted by Gasteiger charge is -2.31. The van der Waals surface area contributed by atoms with Gasteiger partial charge in [0.1, 0.15) is 17.1 Å². The second-order valence-corrected chi connectivity index (χ2v) is 6.90. The summed E-state index contributed by atoms with van der Waals surface area (Å²) >= 11 is 5.85. The highest BCUT2D eigenvalue weighted by atomic mass is 35.5. The number of benzene rings is 2. The molecule has 2 aromatic carbocycles. The van der Waals surface area contributed by atoms with Gasteiger partial charge in [0.2, 0.25) is 5.75 Å². The van der Waals surface area contributed by atoms with E-state index in [1.54, 1.807) is 0 Å². The number of hydrogen-bond acceptors (Lipinski definition) is 7. The summed E-state index contributed by atoms with van der Waals surface area (Å²) < 4.78 is 53.9. The van der Waals surface area contributed by atoms with E-state index in [4.69, 9.17) is 25.8 Å². The number of carbonyl (C=O) groups is 1. The van der Waals surface area contributed by atoms with Crippen molar-refractivity contribution in [1.29, 1.82) is 0 Å². The van der Waals surface area contributed by atoms with E-state index in [1.165, 1.54) is 7.11 Å². The van der Waals surface area contributed by atoms with Crippen molar-refractivity contribution >= 4 is 23.3 Å². The van der Waals surface area contributed by atoms with Crippen molar-refractivity contribution in [3.8, 4) is 17.2 Å². The molecule has 1 atom stereocenters. The number of carbonyl (C=O) groups excluding carboxylic acids is 1. The molecule has 2 rings (SSSR count). The van der Waals surface area contributed by atoms with Gasteiger partial charge < -0.3 is 24.1 Å². The van der Waals surface area contributed by atoms with Gasteiger partial charge in [0.25, 0.3) is 0 Å². The number of nitro groups is 1. The zero-order valence-electron chi connectivity index (χ0n) is 16.2. The van der Waals surface area contributed by atoms with Crippen molar-refractivity contribution in [2.24, 2.45) is 0 Å². The molecule has 0 radical (unpaired) electrons. The molecule has 8 nitrogen and oxygen atoms in total. The van der Waals surface area contributed by atoms with Crippen molar-refractivity contribution in [3.63, 3.8) is 0 Å². The molecule has 0 amide bonds. The number of alkyl halides is 3. The second kappa shape index (κ2) is 9.40. The fourth-order valence-electron chi connectivity index (χ4n) is 2.41. The van der Waals surface area contributed by atoms with Gasteiger partial charge in [0.05, 0.1) is 28.1 Å². The molecule has 0 saturated heterocycles. The molecule has 0 saturated carbocycles. The van der Waals surface area contributed by atoms with Crippen molar-refractivity contribution in [2.45, 2.75) is 25.1 Å². The van der Waals surface area contributed by atoms with Gasteiger partial charge in [-0.05, 0) is 31.2 Å². The first-order chi connectivity index (χ1) is 14.4. The first-order valence-corrected chi connectivity index (χ1v) is 8.97. The highest BCUT2D eigenvalue weighted by molar-refractivity contribution is 6.32. The first kappa shape index (κ1) is 24.2. The van der Waals surface area contributed by atoms with E-state index in [9.17, 15) is 33.2 Å². The zero-order valence-corrected chi connectivity index (χ0v) is 17.0. The minimum Gasteiger partial charge on any atom is -0.546 e. The number of hydrogen-bond donors (Lipinski definition) is 0. The molecule has 0 aromatic heterocycles. The third kappa shape index (κ3) is 5.98. The molecule has 0 N–H and O–H groups in total. The normalized spacial score (nSPS) is 13.4. The number of ether oxygens (including phenoxy) is 3. The predicted molar refractivity (Wildman–Crippen MR) is 100 cm³/mol. The van der Waals surface area contributed by atoms with E-state index >= 15 is 0 Å². The molecule has 0 fully saturated rings. The van der Waals surface area contributed by atoms with Crippen molar-refractivity contribution in [1.82, 2.24) is 0 Å². The number of rotatable bonds is 9. The molecule has 0 aliphatic heterocycles. The van der Waals surface area contributed by atoms with Gasteiger partial charge in [0, 0.05) is 25.7 Å². The zero-order chi connectivity index (χ0) is 23.4. The number of halogens is 4. The van der Waals surface area contributed by atoms with Crippen LogP contribution in [0.15, 0.2) is 36.4 Å². The number of methoxy groups -OCH3 is 1. The summed E-state index contributed by atoms with van der Waals surface area (Å²) in [6.07, 6.45) is -4.78.